The van der Waals surface area contributed by atoms with Crippen LogP contribution in [0.25, 0.3) is 0 Å². The minimum Gasteiger partial charge on any atom is -0.444 e. The zero-order valence-electron chi connectivity index (χ0n) is 15.5. The molecule has 2 atom stereocenters. The van der Waals surface area contributed by atoms with E-state index in [0.29, 0.717) is 19.4 Å². The van der Waals surface area contributed by atoms with Crippen molar-refractivity contribution in [2.75, 3.05) is 20.1 Å². The molecule has 1 saturated heterocycles. The number of likely N-dealkylation sites (N-methyl/N-ethyl adjacent to an activating group) is 1. The number of nitrogens with one attached hydrogen (secondary N) is 3. The average Bonchev–Trinajstić information content (AvgIpc) is 2.99. The summed E-state index contributed by atoms with van der Waals surface area (Å²) in [4.78, 5) is 49.0. The van der Waals surface area contributed by atoms with Crippen LogP contribution >= 0.6 is 0 Å². The number of amides is 4. The molecule has 2 unspecified atom stereocenters. The first-order valence-corrected chi connectivity index (χ1v) is 8.33. The minimum atomic E-state index is -0.695. The fourth-order valence-electron chi connectivity index (χ4n) is 2.44. The molecule has 0 aromatic heterocycles. The molecule has 9 heteroatoms. The summed E-state index contributed by atoms with van der Waals surface area (Å²) in [7, 11) is 1.47. The lowest BCUT2D eigenvalue weighted by molar-refractivity contribution is -0.130. The maximum Gasteiger partial charge on any atom is 0.410 e. The molecule has 1 aliphatic heterocycles. The number of nitrogens with zero attached hydrogens (tertiary/aromatic N) is 1. The number of hydrogen-bond donors (Lipinski definition) is 3. The van der Waals surface area contributed by atoms with Gasteiger partial charge in [-0.05, 0) is 40.5 Å². The van der Waals surface area contributed by atoms with Crippen LogP contribution in [0.4, 0.5) is 4.79 Å². The van der Waals surface area contributed by atoms with Crippen LogP contribution in [-0.2, 0) is 19.1 Å². The number of hydrogen-bond acceptors (Lipinski definition) is 5. The van der Waals surface area contributed by atoms with Gasteiger partial charge < -0.3 is 20.7 Å². The Kier molecular flexibility index (Phi) is 7.20. The fourth-order valence-corrected chi connectivity index (χ4v) is 2.44. The Morgan fingerprint density at radius 3 is 2.44 bits per heavy atom. The molecule has 4 amide bonds. The summed E-state index contributed by atoms with van der Waals surface area (Å²) in [5.74, 6) is -1.22. The summed E-state index contributed by atoms with van der Waals surface area (Å²) >= 11 is 0. The molecule has 1 fully saturated rings. The first-order chi connectivity index (χ1) is 11.5. The van der Waals surface area contributed by atoms with Crippen molar-refractivity contribution in [2.24, 2.45) is 0 Å². The van der Waals surface area contributed by atoms with E-state index in [1.54, 1.807) is 27.7 Å². The van der Waals surface area contributed by atoms with Crippen molar-refractivity contribution >= 4 is 23.8 Å². The van der Waals surface area contributed by atoms with E-state index in [9.17, 15) is 19.2 Å². The molecule has 1 aliphatic rings. The topological polar surface area (TPSA) is 117 Å². The molecule has 0 saturated carbocycles. The molecule has 142 valence electrons. The van der Waals surface area contributed by atoms with Crippen LogP contribution < -0.4 is 16.0 Å². The average molecular weight is 356 g/mol. The van der Waals surface area contributed by atoms with Crippen LogP contribution in [0.15, 0.2) is 0 Å². The second-order valence-electron chi connectivity index (χ2n) is 6.95. The van der Waals surface area contributed by atoms with E-state index >= 15 is 0 Å². The van der Waals surface area contributed by atoms with Crippen molar-refractivity contribution in [3.8, 4) is 0 Å². The summed E-state index contributed by atoms with van der Waals surface area (Å²) in [6.45, 7) is 6.99. The highest BCUT2D eigenvalue weighted by molar-refractivity contribution is 5.92. The molecule has 0 radical (unpaired) electrons. The molecule has 9 nitrogen and oxygen atoms in total. The fraction of sp³-hybridized carbons (Fsp3) is 0.750. The number of rotatable bonds is 5. The van der Waals surface area contributed by atoms with Gasteiger partial charge in [0, 0.05) is 13.6 Å². The van der Waals surface area contributed by atoms with E-state index in [-0.39, 0.29) is 12.5 Å². The van der Waals surface area contributed by atoms with Gasteiger partial charge in [-0.25, -0.2) is 4.79 Å². The summed E-state index contributed by atoms with van der Waals surface area (Å²) in [5.41, 5.74) is -0.642. The van der Waals surface area contributed by atoms with Crippen LogP contribution in [0.3, 0.4) is 0 Å². The number of carbonyl (C=O) groups is 4. The van der Waals surface area contributed by atoms with E-state index in [0.717, 1.165) is 0 Å². The van der Waals surface area contributed by atoms with E-state index < -0.39 is 35.6 Å². The van der Waals surface area contributed by atoms with Crippen molar-refractivity contribution in [1.29, 1.82) is 0 Å². The van der Waals surface area contributed by atoms with Crippen LogP contribution in [0.1, 0.15) is 40.5 Å². The maximum atomic E-state index is 12.3. The Morgan fingerprint density at radius 1 is 1.24 bits per heavy atom. The molecule has 1 rings (SSSR count). The predicted molar refractivity (Wildman–Crippen MR) is 90.6 cm³/mol. The van der Waals surface area contributed by atoms with E-state index in [1.807, 2.05) is 0 Å². The van der Waals surface area contributed by atoms with Crippen LogP contribution in [0.2, 0.25) is 0 Å². The minimum absolute atomic E-state index is 0.265. The maximum absolute atomic E-state index is 12.3. The second kappa shape index (κ2) is 8.68. The Balaban J connectivity index is 2.51. The smallest absolute Gasteiger partial charge is 0.410 e. The molecular weight excluding hydrogens is 328 g/mol. The van der Waals surface area contributed by atoms with Gasteiger partial charge in [-0.15, -0.1) is 0 Å². The predicted octanol–water partition coefficient (Wildman–Crippen LogP) is -0.247. The molecule has 0 aliphatic carbocycles. The van der Waals surface area contributed by atoms with E-state index in [1.165, 1.54) is 11.9 Å². The lowest BCUT2D eigenvalue weighted by Gasteiger charge is -2.28. The van der Waals surface area contributed by atoms with Crippen molar-refractivity contribution in [1.82, 2.24) is 20.9 Å². The third-order valence-electron chi connectivity index (χ3n) is 3.62. The van der Waals surface area contributed by atoms with Crippen LogP contribution in [0, 0.1) is 0 Å². The monoisotopic (exact) mass is 356 g/mol. The van der Waals surface area contributed by atoms with Crippen molar-refractivity contribution in [2.45, 2.75) is 58.2 Å². The molecule has 0 aromatic rings. The highest BCUT2D eigenvalue weighted by atomic mass is 16.6. The third kappa shape index (κ3) is 6.60. The molecule has 0 spiro atoms. The number of likely N-dealkylation sites (tertiary alicyclic amines) is 1. The second-order valence-corrected chi connectivity index (χ2v) is 6.95. The van der Waals surface area contributed by atoms with Crippen LogP contribution in [-0.4, -0.2) is 66.5 Å². The molecular formula is C16H28N4O5. The normalized spacial score (nSPS) is 18.3. The Labute approximate surface area is 147 Å². The number of carbonyl (C=O) groups excluding carboxylic acids is 4. The summed E-state index contributed by atoms with van der Waals surface area (Å²) in [6, 6.07) is -1.35. The SMILES string of the molecule is CNC(=O)C(C)NC(=O)CNC(=O)C1CCCN1C(=O)OC(C)(C)C. The highest BCUT2D eigenvalue weighted by Gasteiger charge is 2.36. The molecule has 0 aromatic carbocycles. The molecule has 25 heavy (non-hydrogen) atoms. The van der Waals surface area contributed by atoms with Crippen LogP contribution in [0.5, 0.6) is 0 Å². The highest BCUT2D eigenvalue weighted by Crippen LogP contribution is 2.20. The van der Waals surface area contributed by atoms with Gasteiger partial charge in [0.2, 0.25) is 17.7 Å². The Morgan fingerprint density at radius 2 is 1.88 bits per heavy atom. The largest absolute Gasteiger partial charge is 0.444 e. The van der Waals surface area contributed by atoms with Crippen molar-refractivity contribution in [3.63, 3.8) is 0 Å². The lowest BCUT2D eigenvalue weighted by Crippen LogP contribution is -2.51. The zero-order valence-corrected chi connectivity index (χ0v) is 15.5. The third-order valence-corrected chi connectivity index (χ3v) is 3.62. The first kappa shape index (κ1) is 20.7. The summed E-state index contributed by atoms with van der Waals surface area (Å²) < 4.78 is 5.30. The standard InChI is InChI=1S/C16H28N4O5/c1-10(13(22)17-5)19-12(21)9-18-14(23)11-7-6-8-20(11)15(24)25-16(2,3)4/h10-11H,6-9H2,1-5H3,(H,17,22)(H,18,23)(H,19,21). The van der Waals surface area contributed by atoms with Gasteiger partial charge in [-0.1, -0.05) is 0 Å². The molecule has 1 heterocycles. The zero-order chi connectivity index (χ0) is 19.2. The first-order valence-electron chi connectivity index (χ1n) is 8.33. The van der Waals surface area contributed by atoms with Gasteiger partial charge in [0.05, 0.1) is 6.54 Å². The summed E-state index contributed by atoms with van der Waals surface area (Å²) in [6.07, 6.45) is 0.668. The van der Waals surface area contributed by atoms with Crippen molar-refractivity contribution < 1.29 is 23.9 Å². The van der Waals surface area contributed by atoms with E-state index in [4.69, 9.17) is 4.74 Å². The van der Waals surface area contributed by atoms with Gasteiger partial charge in [-0.3, -0.25) is 19.3 Å². The van der Waals surface area contributed by atoms with Gasteiger partial charge in [0.15, 0.2) is 0 Å². The lowest BCUT2D eigenvalue weighted by atomic mass is 10.2. The van der Waals surface area contributed by atoms with Gasteiger partial charge in [0.25, 0.3) is 0 Å². The number of ether oxygens (including phenoxy) is 1. The van der Waals surface area contributed by atoms with E-state index in [2.05, 4.69) is 16.0 Å². The molecule has 3 N–H and O–H groups in total. The Bertz CT molecular complexity index is 529. The van der Waals surface area contributed by atoms with Gasteiger partial charge in [-0.2, -0.15) is 0 Å². The van der Waals surface area contributed by atoms with Crippen molar-refractivity contribution in [3.05, 3.63) is 0 Å². The Hall–Kier alpha value is -2.32. The quantitative estimate of drug-likeness (QED) is 0.628. The van der Waals surface area contributed by atoms with Gasteiger partial charge in [0.1, 0.15) is 17.7 Å². The van der Waals surface area contributed by atoms with Gasteiger partial charge >= 0.3 is 6.09 Å². The molecule has 0 bridgehead atoms. The summed E-state index contributed by atoms with van der Waals surface area (Å²) in [5, 5.41) is 7.39.